The van der Waals surface area contributed by atoms with E-state index in [1.54, 1.807) is 12.1 Å². The Balaban J connectivity index is 0.00000109. The molecular weight excluding hydrogens is 312 g/mol. The molecule has 134 valence electrons. The van der Waals surface area contributed by atoms with Crippen LogP contribution in [0.5, 0.6) is 5.75 Å². The van der Waals surface area contributed by atoms with Crippen LogP contribution in [0.3, 0.4) is 0 Å². The van der Waals surface area contributed by atoms with Crippen LogP contribution in [-0.4, -0.2) is 34.0 Å². The molecular formula is C20H28N4O. The van der Waals surface area contributed by atoms with Gasteiger partial charge in [-0.25, -0.2) is 0 Å². The van der Waals surface area contributed by atoms with Crippen LogP contribution >= 0.6 is 0 Å². The lowest BCUT2D eigenvalue weighted by Gasteiger charge is -2.29. The van der Waals surface area contributed by atoms with Crippen LogP contribution in [0, 0.1) is 0 Å². The van der Waals surface area contributed by atoms with Crippen molar-refractivity contribution in [2.75, 3.05) is 7.05 Å². The van der Waals surface area contributed by atoms with E-state index < -0.39 is 0 Å². The molecule has 0 fully saturated rings. The van der Waals surface area contributed by atoms with E-state index in [4.69, 9.17) is 0 Å². The van der Waals surface area contributed by atoms with Gasteiger partial charge in [0.25, 0.3) is 0 Å². The van der Waals surface area contributed by atoms with Gasteiger partial charge >= 0.3 is 0 Å². The first-order valence-corrected chi connectivity index (χ1v) is 8.69. The van der Waals surface area contributed by atoms with Gasteiger partial charge in [0.2, 0.25) is 0 Å². The number of amidine groups is 1. The Morgan fingerprint density at radius 2 is 2.00 bits per heavy atom. The molecule has 0 saturated heterocycles. The zero-order valence-corrected chi connectivity index (χ0v) is 15.7. The summed E-state index contributed by atoms with van der Waals surface area (Å²) < 4.78 is 0. The highest BCUT2D eigenvalue weighted by Crippen LogP contribution is 2.22. The fourth-order valence-electron chi connectivity index (χ4n) is 2.73. The second-order valence-electron chi connectivity index (χ2n) is 5.89. The normalized spacial score (nSPS) is 18.5. The average molecular weight is 340 g/mol. The second-order valence-corrected chi connectivity index (χ2v) is 5.89. The molecule has 0 radical (unpaired) electrons. The number of nitrogens with one attached hydrogen (secondary N) is 1. The maximum absolute atomic E-state index is 9.37. The number of rotatable bonds is 4. The van der Waals surface area contributed by atoms with Crippen molar-refractivity contribution in [1.29, 1.82) is 0 Å². The predicted octanol–water partition coefficient (Wildman–Crippen LogP) is 3.77. The molecule has 1 atom stereocenters. The molecule has 0 aromatic heterocycles. The van der Waals surface area contributed by atoms with Crippen LogP contribution in [0.25, 0.3) is 0 Å². The average Bonchev–Trinajstić information content (AvgIpc) is 3.01. The fraction of sp³-hybridized carbons (Fsp3) is 0.350. The predicted molar refractivity (Wildman–Crippen MR) is 104 cm³/mol. The van der Waals surface area contributed by atoms with Crippen LogP contribution in [0.1, 0.15) is 33.3 Å². The minimum absolute atomic E-state index is 0.112. The van der Waals surface area contributed by atoms with Crippen molar-refractivity contribution in [2.45, 2.75) is 40.4 Å². The molecule has 2 aliphatic rings. The SMILES string of the molecule is CC.CC1=NNC2C=CC=C(/C=C(/C)N(C)Cc3ccc(O)cc3)N12. The van der Waals surface area contributed by atoms with Crippen LogP contribution in [-0.2, 0) is 6.54 Å². The molecule has 2 aliphatic heterocycles. The number of hydrazone groups is 1. The number of phenols is 1. The van der Waals surface area contributed by atoms with Crippen molar-refractivity contribution in [3.63, 3.8) is 0 Å². The Bertz CT molecular complexity index is 701. The molecule has 5 heteroatoms. The lowest BCUT2D eigenvalue weighted by Crippen LogP contribution is -2.38. The van der Waals surface area contributed by atoms with E-state index in [-0.39, 0.29) is 6.17 Å². The summed E-state index contributed by atoms with van der Waals surface area (Å²) in [6.45, 7) is 8.90. The molecule has 5 nitrogen and oxygen atoms in total. The maximum Gasteiger partial charge on any atom is 0.140 e. The van der Waals surface area contributed by atoms with E-state index in [0.717, 1.165) is 29.3 Å². The van der Waals surface area contributed by atoms with Crippen LogP contribution < -0.4 is 5.43 Å². The van der Waals surface area contributed by atoms with Crippen LogP contribution in [0.4, 0.5) is 0 Å². The monoisotopic (exact) mass is 340 g/mol. The van der Waals surface area contributed by atoms with Gasteiger partial charge in [0.1, 0.15) is 17.8 Å². The molecule has 0 bridgehead atoms. The van der Waals surface area contributed by atoms with Crippen molar-refractivity contribution in [2.24, 2.45) is 5.10 Å². The van der Waals surface area contributed by atoms with E-state index in [2.05, 4.69) is 58.6 Å². The number of allylic oxidation sites excluding steroid dienone is 4. The number of benzene rings is 1. The Kier molecular flexibility index (Phi) is 6.28. The summed E-state index contributed by atoms with van der Waals surface area (Å²) in [5.74, 6) is 1.26. The van der Waals surface area contributed by atoms with Gasteiger partial charge in [-0.05, 0) is 49.8 Å². The van der Waals surface area contributed by atoms with Crippen molar-refractivity contribution < 1.29 is 5.11 Å². The third kappa shape index (κ3) is 4.44. The van der Waals surface area contributed by atoms with Gasteiger partial charge in [-0.3, -0.25) is 5.43 Å². The third-order valence-corrected chi connectivity index (χ3v) is 4.14. The molecule has 0 aliphatic carbocycles. The highest BCUT2D eigenvalue weighted by Gasteiger charge is 2.26. The van der Waals surface area contributed by atoms with Crippen molar-refractivity contribution in [1.82, 2.24) is 15.2 Å². The molecule has 0 spiro atoms. The largest absolute Gasteiger partial charge is 0.508 e. The first kappa shape index (κ1) is 18.6. The lowest BCUT2D eigenvalue weighted by atomic mass is 10.1. The molecule has 2 N–H and O–H groups in total. The summed E-state index contributed by atoms with van der Waals surface area (Å²) in [5.41, 5.74) is 6.56. The molecule has 0 saturated carbocycles. The molecule has 0 amide bonds. The highest BCUT2D eigenvalue weighted by molar-refractivity contribution is 5.84. The molecule has 1 unspecified atom stereocenters. The number of hydrogen-bond donors (Lipinski definition) is 2. The zero-order chi connectivity index (χ0) is 18.4. The summed E-state index contributed by atoms with van der Waals surface area (Å²) in [5, 5.41) is 13.7. The number of nitrogens with zero attached hydrogens (tertiary/aromatic N) is 3. The van der Waals surface area contributed by atoms with E-state index in [1.807, 2.05) is 32.9 Å². The summed E-state index contributed by atoms with van der Waals surface area (Å²) in [7, 11) is 2.07. The minimum Gasteiger partial charge on any atom is -0.508 e. The fourth-order valence-corrected chi connectivity index (χ4v) is 2.73. The molecule has 25 heavy (non-hydrogen) atoms. The second kappa shape index (κ2) is 8.42. The number of fused-ring (bicyclic) bond motifs is 1. The van der Waals surface area contributed by atoms with E-state index in [9.17, 15) is 5.11 Å². The summed E-state index contributed by atoms with van der Waals surface area (Å²) in [6.07, 6.45) is 8.53. The van der Waals surface area contributed by atoms with Crippen molar-refractivity contribution in [3.05, 3.63) is 65.5 Å². The van der Waals surface area contributed by atoms with E-state index in [0.29, 0.717) is 5.75 Å². The smallest absolute Gasteiger partial charge is 0.140 e. The highest BCUT2D eigenvalue weighted by atomic mass is 16.3. The van der Waals surface area contributed by atoms with Gasteiger partial charge in [-0.1, -0.05) is 32.1 Å². The van der Waals surface area contributed by atoms with Gasteiger partial charge in [0.15, 0.2) is 0 Å². The molecule has 1 aromatic rings. The molecule has 1 aromatic carbocycles. The Morgan fingerprint density at radius 1 is 1.32 bits per heavy atom. The lowest BCUT2D eigenvalue weighted by molar-refractivity contribution is 0.399. The standard InChI is InChI=1S/C18H22N4O.C2H6/c1-13(21(3)12-15-7-9-17(23)10-8-15)11-16-5-4-6-18-20-19-14(2)22(16)18;1-2/h4-11,18,20,23H,12H2,1-3H3;1-2H3/b13-11-;. The van der Waals surface area contributed by atoms with Crippen molar-refractivity contribution >= 4 is 5.84 Å². The summed E-state index contributed by atoms with van der Waals surface area (Å²) >= 11 is 0. The summed E-state index contributed by atoms with van der Waals surface area (Å²) in [6, 6.07) is 7.33. The number of hydrogen-bond acceptors (Lipinski definition) is 5. The van der Waals surface area contributed by atoms with Crippen LogP contribution in [0.2, 0.25) is 0 Å². The zero-order valence-electron chi connectivity index (χ0n) is 15.7. The van der Waals surface area contributed by atoms with Gasteiger partial charge < -0.3 is 14.9 Å². The number of phenolic OH excluding ortho intramolecular Hbond substituents is 1. The maximum atomic E-state index is 9.37. The molecule has 3 rings (SSSR count). The van der Waals surface area contributed by atoms with E-state index in [1.165, 1.54) is 0 Å². The quantitative estimate of drug-likeness (QED) is 0.876. The first-order valence-electron chi connectivity index (χ1n) is 8.69. The van der Waals surface area contributed by atoms with Gasteiger partial charge in [0.05, 0.1) is 0 Å². The topological polar surface area (TPSA) is 51.1 Å². The summed E-state index contributed by atoms with van der Waals surface area (Å²) in [4.78, 5) is 4.37. The van der Waals surface area contributed by atoms with Gasteiger partial charge in [-0.2, -0.15) is 5.10 Å². The molecule has 2 heterocycles. The Hall–Kier alpha value is -2.69. The third-order valence-electron chi connectivity index (χ3n) is 4.14. The first-order chi connectivity index (χ1) is 12.0. The van der Waals surface area contributed by atoms with Crippen molar-refractivity contribution in [3.8, 4) is 5.75 Å². The van der Waals surface area contributed by atoms with E-state index >= 15 is 0 Å². The van der Waals surface area contributed by atoms with Gasteiger partial charge in [0, 0.05) is 25.0 Å². The number of aromatic hydroxyl groups is 1. The minimum atomic E-state index is 0.112. The van der Waals surface area contributed by atoms with Crippen LogP contribution in [0.15, 0.2) is 65.1 Å². The Morgan fingerprint density at radius 3 is 2.68 bits per heavy atom. The van der Waals surface area contributed by atoms with Gasteiger partial charge in [-0.15, -0.1) is 0 Å². The Labute approximate surface area is 150 Å².